The Morgan fingerprint density at radius 3 is 2.55 bits per heavy atom. The van der Waals surface area contributed by atoms with Gasteiger partial charge >= 0.3 is 6.18 Å². The van der Waals surface area contributed by atoms with Crippen molar-refractivity contribution in [2.24, 2.45) is 0 Å². The average Bonchev–Trinajstić information content (AvgIpc) is 2.86. The van der Waals surface area contributed by atoms with Crippen LogP contribution >= 0.6 is 0 Å². The van der Waals surface area contributed by atoms with Crippen molar-refractivity contribution in [3.63, 3.8) is 0 Å². The Morgan fingerprint density at radius 1 is 1.09 bits per heavy atom. The summed E-state index contributed by atoms with van der Waals surface area (Å²) < 4.78 is 57.5. The van der Waals surface area contributed by atoms with E-state index in [0.717, 1.165) is 6.07 Å². The molecule has 0 amide bonds. The first-order valence-corrected chi connectivity index (χ1v) is 6.08. The van der Waals surface area contributed by atoms with Crippen molar-refractivity contribution >= 4 is 5.65 Å². The molecule has 0 saturated heterocycles. The van der Waals surface area contributed by atoms with Gasteiger partial charge in [-0.15, -0.1) is 15.3 Å². The van der Waals surface area contributed by atoms with E-state index in [9.17, 15) is 17.6 Å². The molecule has 0 N–H and O–H groups in total. The first kappa shape index (κ1) is 14.2. The second-order valence-electron chi connectivity index (χ2n) is 4.48. The Kier molecular flexibility index (Phi) is 3.19. The maximum Gasteiger partial charge on any atom is 0.453 e. The van der Waals surface area contributed by atoms with Crippen LogP contribution in [0.4, 0.5) is 17.6 Å². The summed E-state index contributed by atoms with van der Waals surface area (Å²) in [7, 11) is 0. The van der Waals surface area contributed by atoms with Crippen LogP contribution in [0.15, 0.2) is 30.3 Å². The smallest absolute Gasteiger partial charge is 0.437 e. The number of nitrogens with zero attached hydrogens (tertiary/aromatic N) is 4. The number of hydrogen-bond donors (Lipinski definition) is 0. The van der Waals surface area contributed by atoms with Crippen molar-refractivity contribution in [3.05, 3.63) is 47.5 Å². The van der Waals surface area contributed by atoms with Gasteiger partial charge in [-0.2, -0.15) is 17.7 Å². The third-order valence-corrected chi connectivity index (χ3v) is 2.86. The molecule has 3 rings (SSSR count). The highest BCUT2D eigenvalue weighted by Crippen LogP contribution is 2.28. The molecule has 0 atom stereocenters. The van der Waals surface area contributed by atoms with Gasteiger partial charge in [0.25, 0.3) is 5.82 Å². The molecule has 2 heterocycles. The average molecular weight is 312 g/mol. The van der Waals surface area contributed by atoms with Gasteiger partial charge in [0.05, 0.1) is 0 Å². The van der Waals surface area contributed by atoms with Gasteiger partial charge in [-0.05, 0) is 24.6 Å². The van der Waals surface area contributed by atoms with Crippen molar-refractivity contribution in [1.82, 2.24) is 19.8 Å². The minimum atomic E-state index is -4.69. The summed E-state index contributed by atoms with van der Waals surface area (Å²) in [6.07, 6.45) is -4.69. The van der Waals surface area contributed by atoms with Gasteiger partial charge in [0.1, 0.15) is 11.6 Å². The van der Waals surface area contributed by atoms with Crippen molar-refractivity contribution in [2.45, 2.75) is 13.1 Å². The quantitative estimate of drug-likeness (QED) is 0.681. The zero-order chi connectivity index (χ0) is 15.9. The predicted molar refractivity (Wildman–Crippen MR) is 67.0 cm³/mol. The van der Waals surface area contributed by atoms with E-state index in [0.29, 0.717) is 10.1 Å². The lowest BCUT2D eigenvalue weighted by atomic mass is 10.2. The van der Waals surface area contributed by atoms with Crippen LogP contribution in [0.3, 0.4) is 0 Å². The standard InChI is InChI=1S/C13H8F4N4O/c1-7-2-3-8(6-9(7)14)22-11-5-4-10-18-19-12(13(15,16)17)21(10)20-11/h2-6H,1H3. The van der Waals surface area contributed by atoms with E-state index >= 15 is 0 Å². The highest BCUT2D eigenvalue weighted by Gasteiger charge is 2.37. The summed E-state index contributed by atoms with van der Waals surface area (Å²) in [5.41, 5.74) is 0.351. The number of hydrogen-bond acceptors (Lipinski definition) is 4. The van der Waals surface area contributed by atoms with E-state index in [4.69, 9.17) is 4.74 Å². The first-order chi connectivity index (χ1) is 10.3. The Morgan fingerprint density at radius 2 is 1.86 bits per heavy atom. The number of alkyl halides is 3. The Balaban J connectivity index is 1.99. The number of benzene rings is 1. The summed E-state index contributed by atoms with van der Waals surface area (Å²) >= 11 is 0. The van der Waals surface area contributed by atoms with Gasteiger partial charge in [-0.3, -0.25) is 0 Å². The van der Waals surface area contributed by atoms with Gasteiger partial charge in [-0.1, -0.05) is 6.07 Å². The molecule has 0 aliphatic carbocycles. The van der Waals surface area contributed by atoms with E-state index in [1.807, 2.05) is 0 Å². The molecule has 0 unspecified atom stereocenters. The number of ether oxygens (including phenoxy) is 1. The van der Waals surface area contributed by atoms with Gasteiger partial charge in [-0.25, -0.2) is 4.39 Å². The maximum atomic E-state index is 13.4. The van der Waals surface area contributed by atoms with Crippen LogP contribution in [0.5, 0.6) is 11.6 Å². The van der Waals surface area contributed by atoms with E-state index in [1.165, 1.54) is 24.3 Å². The Hall–Kier alpha value is -2.71. The Labute approximate surface area is 121 Å². The fourth-order valence-corrected chi connectivity index (χ4v) is 1.76. The van der Waals surface area contributed by atoms with Crippen LogP contribution in [0.1, 0.15) is 11.4 Å². The van der Waals surface area contributed by atoms with E-state index in [2.05, 4.69) is 15.3 Å². The first-order valence-electron chi connectivity index (χ1n) is 6.08. The van der Waals surface area contributed by atoms with Crippen molar-refractivity contribution in [3.8, 4) is 11.6 Å². The molecule has 22 heavy (non-hydrogen) atoms. The zero-order valence-corrected chi connectivity index (χ0v) is 11.1. The summed E-state index contributed by atoms with van der Waals surface area (Å²) in [6.45, 7) is 1.58. The third-order valence-electron chi connectivity index (χ3n) is 2.86. The lowest BCUT2D eigenvalue weighted by Gasteiger charge is -2.07. The number of fused-ring (bicyclic) bond motifs is 1. The second-order valence-corrected chi connectivity index (χ2v) is 4.48. The number of aromatic nitrogens is 4. The number of rotatable bonds is 2. The number of halogens is 4. The largest absolute Gasteiger partial charge is 0.453 e. The molecule has 0 bridgehead atoms. The lowest BCUT2D eigenvalue weighted by molar-refractivity contribution is -0.146. The number of aryl methyl sites for hydroxylation is 1. The zero-order valence-electron chi connectivity index (χ0n) is 11.1. The molecule has 0 spiro atoms. The Bertz CT molecular complexity index is 844. The molecule has 5 nitrogen and oxygen atoms in total. The van der Waals surface area contributed by atoms with Crippen LogP contribution in [0, 0.1) is 12.7 Å². The molecule has 0 radical (unpaired) electrons. The summed E-state index contributed by atoms with van der Waals surface area (Å²) in [5.74, 6) is -1.76. The van der Waals surface area contributed by atoms with Crippen molar-refractivity contribution in [2.75, 3.05) is 0 Å². The van der Waals surface area contributed by atoms with E-state index in [-0.39, 0.29) is 17.3 Å². The highest BCUT2D eigenvalue weighted by atomic mass is 19.4. The highest BCUT2D eigenvalue weighted by molar-refractivity contribution is 5.39. The maximum absolute atomic E-state index is 13.4. The second kappa shape index (κ2) is 4.93. The molecular formula is C13H8F4N4O. The summed E-state index contributed by atoms with van der Waals surface area (Å²) in [4.78, 5) is 0. The van der Waals surface area contributed by atoms with Gasteiger partial charge in [0.15, 0.2) is 5.65 Å². The SMILES string of the molecule is Cc1ccc(Oc2ccc3nnc(C(F)(F)F)n3n2)cc1F. The molecule has 0 aliphatic heterocycles. The lowest BCUT2D eigenvalue weighted by Crippen LogP contribution is -2.12. The van der Waals surface area contributed by atoms with Crippen LogP contribution in [0.25, 0.3) is 5.65 Å². The summed E-state index contributed by atoms with van der Waals surface area (Å²) in [6, 6.07) is 6.69. The summed E-state index contributed by atoms with van der Waals surface area (Å²) in [5, 5.41) is 10.1. The predicted octanol–water partition coefficient (Wildman–Crippen LogP) is 3.38. The van der Waals surface area contributed by atoms with Gasteiger partial charge in [0, 0.05) is 12.1 Å². The van der Waals surface area contributed by atoms with Crippen molar-refractivity contribution < 1.29 is 22.3 Å². The van der Waals surface area contributed by atoms with E-state index < -0.39 is 17.8 Å². The fraction of sp³-hybridized carbons (Fsp3) is 0.154. The minimum absolute atomic E-state index is 0.0743. The molecule has 2 aromatic heterocycles. The molecule has 0 aliphatic rings. The van der Waals surface area contributed by atoms with Gasteiger partial charge in [0.2, 0.25) is 5.88 Å². The third kappa shape index (κ3) is 2.57. The molecule has 0 saturated carbocycles. The van der Waals surface area contributed by atoms with Crippen molar-refractivity contribution in [1.29, 1.82) is 0 Å². The topological polar surface area (TPSA) is 52.3 Å². The molecule has 114 valence electrons. The molecule has 9 heteroatoms. The molecular weight excluding hydrogens is 304 g/mol. The van der Waals surface area contributed by atoms with Gasteiger partial charge < -0.3 is 4.74 Å². The molecule has 3 aromatic rings. The normalized spacial score (nSPS) is 11.9. The minimum Gasteiger partial charge on any atom is -0.437 e. The monoisotopic (exact) mass is 312 g/mol. The molecule has 1 aromatic carbocycles. The fourth-order valence-electron chi connectivity index (χ4n) is 1.76. The van der Waals surface area contributed by atoms with Crippen LogP contribution in [0.2, 0.25) is 0 Å². The van der Waals surface area contributed by atoms with E-state index in [1.54, 1.807) is 6.92 Å². The van der Waals surface area contributed by atoms with Crippen LogP contribution in [-0.2, 0) is 6.18 Å². The molecule has 0 fully saturated rings. The van der Waals surface area contributed by atoms with Crippen LogP contribution < -0.4 is 4.74 Å². The van der Waals surface area contributed by atoms with Crippen LogP contribution in [-0.4, -0.2) is 19.8 Å².